The molecule has 1 aliphatic heterocycles. The summed E-state index contributed by atoms with van der Waals surface area (Å²) in [7, 11) is 0. The number of halogens is 1. The van der Waals surface area contributed by atoms with Crippen molar-refractivity contribution in [3.8, 4) is 0 Å². The normalized spacial score (nSPS) is 16.9. The van der Waals surface area contributed by atoms with Gasteiger partial charge in [-0.25, -0.2) is 0 Å². The van der Waals surface area contributed by atoms with E-state index in [4.69, 9.17) is 11.6 Å². The van der Waals surface area contributed by atoms with Gasteiger partial charge in [0.1, 0.15) is 0 Å². The van der Waals surface area contributed by atoms with Crippen molar-refractivity contribution in [1.82, 2.24) is 0 Å². The van der Waals surface area contributed by atoms with Gasteiger partial charge >= 0.3 is 0 Å². The maximum Gasteiger partial charge on any atom is 0.229 e. The van der Waals surface area contributed by atoms with Crippen molar-refractivity contribution in [3.63, 3.8) is 0 Å². The summed E-state index contributed by atoms with van der Waals surface area (Å²) < 4.78 is 0. The van der Waals surface area contributed by atoms with Crippen LogP contribution in [0.4, 0.5) is 11.4 Å². The average molecular weight is 385 g/mol. The predicted molar refractivity (Wildman–Crippen MR) is 111 cm³/mol. The Labute approximate surface area is 165 Å². The third kappa shape index (κ3) is 4.01. The molecule has 2 amide bonds. The summed E-state index contributed by atoms with van der Waals surface area (Å²) in [6.07, 6.45) is 0.219. The smallest absolute Gasteiger partial charge is 0.229 e. The van der Waals surface area contributed by atoms with E-state index in [0.29, 0.717) is 17.5 Å². The highest BCUT2D eigenvalue weighted by Gasteiger charge is 2.36. The molecule has 142 valence electrons. The van der Waals surface area contributed by atoms with Crippen molar-refractivity contribution in [3.05, 3.63) is 58.1 Å². The Bertz CT molecular complexity index is 892. The Morgan fingerprint density at radius 2 is 1.93 bits per heavy atom. The number of carbonyl (C=O) groups is 2. The van der Waals surface area contributed by atoms with E-state index in [1.165, 1.54) is 0 Å². The maximum atomic E-state index is 12.9. The van der Waals surface area contributed by atoms with Gasteiger partial charge in [-0.05, 0) is 54.7 Å². The van der Waals surface area contributed by atoms with Crippen LogP contribution in [0.1, 0.15) is 42.9 Å². The van der Waals surface area contributed by atoms with Crippen LogP contribution < -0.4 is 10.2 Å². The summed E-state index contributed by atoms with van der Waals surface area (Å²) >= 11 is 6.02. The Morgan fingerprint density at radius 1 is 1.19 bits per heavy atom. The number of carbonyl (C=O) groups excluding carboxylic acids is 2. The SMILES string of the molecule is Cc1cc(Cl)ccc1N1CC(C(=O)Nc2c(C)cccc2C(C)C)CC1=O. The number of anilines is 2. The number of nitrogens with one attached hydrogen (secondary N) is 1. The van der Waals surface area contributed by atoms with Crippen LogP contribution in [-0.2, 0) is 9.59 Å². The molecule has 0 saturated carbocycles. The lowest BCUT2D eigenvalue weighted by Crippen LogP contribution is -2.29. The fraction of sp³-hybridized carbons (Fsp3) is 0.364. The van der Waals surface area contributed by atoms with E-state index in [9.17, 15) is 9.59 Å². The number of amides is 2. The number of para-hydroxylation sites is 1. The largest absolute Gasteiger partial charge is 0.325 e. The topological polar surface area (TPSA) is 49.4 Å². The van der Waals surface area contributed by atoms with Gasteiger partial charge in [-0.15, -0.1) is 0 Å². The fourth-order valence-corrected chi connectivity index (χ4v) is 3.83. The highest BCUT2D eigenvalue weighted by atomic mass is 35.5. The van der Waals surface area contributed by atoms with Gasteiger partial charge in [0.2, 0.25) is 11.8 Å². The molecular weight excluding hydrogens is 360 g/mol. The molecule has 0 spiro atoms. The minimum atomic E-state index is -0.368. The van der Waals surface area contributed by atoms with E-state index in [-0.39, 0.29) is 24.2 Å². The van der Waals surface area contributed by atoms with Crippen molar-refractivity contribution in [2.75, 3.05) is 16.8 Å². The number of rotatable bonds is 4. The molecule has 2 aromatic carbocycles. The predicted octanol–water partition coefficient (Wildman–Crippen LogP) is 5.07. The van der Waals surface area contributed by atoms with E-state index in [1.807, 2.05) is 44.2 Å². The van der Waals surface area contributed by atoms with Gasteiger partial charge in [0, 0.05) is 29.4 Å². The Kier molecular flexibility index (Phi) is 5.56. The minimum Gasteiger partial charge on any atom is -0.325 e. The summed E-state index contributed by atoms with van der Waals surface area (Å²) in [5.41, 5.74) is 4.75. The number of hydrogen-bond donors (Lipinski definition) is 1. The molecule has 3 rings (SSSR count). The standard InChI is InChI=1S/C22H25ClN2O2/c1-13(2)18-7-5-6-14(3)21(18)24-22(27)16-11-20(26)25(12-16)19-9-8-17(23)10-15(19)4/h5-10,13,16H,11-12H2,1-4H3,(H,24,27). The molecule has 2 aromatic rings. The van der Waals surface area contributed by atoms with Crippen LogP contribution in [0.2, 0.25) is 5.02 Å². The minimum absolute atomic E-state index is 0.0329. The first-order chi connectivity index (χ1) is 12.8. The summed E-state index contributed by atoms with van der Waals surface area (Å²) in [6.45, 7) is 8.51. The number of aryl methyl sites for hydroxylation is 2. The molecule has 4 nitrogen and oxygen atoms in total. The lowest BCUT2D eigenvalue weighted by atomic mass is 9.97. The van der Waals surface area contributed by atoms with E-state index in [1.54, 1.807) is 11.0 Å². The van der Waals surface area contributed by atoms with Crippen molar-refractivity contribution in [1.29, 1.82) is 0 Å². The van der Waals surface area contributed by atoms with Crippen LogP contribution in [0.25, 0.3) is 0 Å². The summed E-state index contributed by atoms with van der Waals surface area (Å²) in [4.78, 5) is 27.1. The van der Waals surface area contributed by atoms with Crippen molar-refractivity contribution in [2.45, 2.75) is 40.0 Å². The van der Waals surface area contributed by atoms with Gasteiger partial charge < -0.3 is 10.2 Å². The molecule has 5 heteroatoms. The molecule has 27 heavy (non-hydrogen) atoms. The Hall–Kier alpha value is -2.33. The zero-order valence-corrected chi connectivity index (χ0v) is 16.9. The first-order valence-electron chi connectivity index (χ1n) is 9.24. The van der Waals surface area contributed by atoms with Crippen molar-refractivity contribution < 1.29 is 9.59 Å². The molecule has 1 aliphatic rings. The van der Waals surface area contributed by atoms with Crippen LogP contribution in [0.5, 0.6) is 0 Å². The summed E-state index contributed by atoms with van der Waals surface area (Å²) in [5.74, 6) is -0.200. The molecule has 1 atom stereocenters. The number of benzene rings is 2. The Morgan fingerprint density at radius 3 is 2.59 bits per heavy atom. The number of nitrogens with zero attached hydrogens (tertiary/aromatic N) is 1. The van der Waals surface area contributed by atoms with Crippen LogP contribution >= 0.6 is 11.6 Å². The van der Waals surface area contributed by atoms with E-state index >= 15 is 0 Å². The summed E-state index contributed by atoms with van der Waals surface area (Å²) in [6, 6.07) is 11.5. The molecule has 1 fully saturated rings. The first kappa shape index (κ1) is 19.4. The van der Waals surface area contributed by atoms with Gasteiger partial charge in [0.15, 0.2) is 0 Å². The van der Waals surface area contributed by atoms with Crippen LogP contribution in [0, 0.1) is 19.8 Å². The highest BCUT2D eigenvalue weighted by molar-refractivity contribution is 6.30. The third-order valence-corrected chi connectivity index (χ3v) is 5.36. The third-order valence-electron chi connectivity index (χ3n) is 5.12. The molecule has 1 N–H and O–H groups in total. The zero-order chi connectivity index (χ0) is 19.7. The highest BCUT2D eigenvalue weighted by Crippen LogP contribution is 2.32. The van der Waals surface area contributed by atoms with Crippen molar-refractivity contribution in [2.24, 2.45) is 5.92 Å². The maximum absolute atomic E-state index is 12.9. The molecule has 0 aromatic heterocycles. The van der Waals surface area contributed by atoms with Gasteiger partial charge in [0.05, 0.1) is 5.92 Å². The quantitative estimate of drug-likeness (QED) is 0.799. The average Bonchev–Trinajstić information content (AvgIpc) is 2.98. The van der Waals surface area contributed by atoms with E-state index in [0.717, 1.165) is 28.1 Å². The van der Waals surface area contributed by atoms with E-state index < -0.39 is 0 Å². The molecule has 1 unspecified atom stereocenters. The summed E-state index contributed by atoms with van der Waals surface area (Å²) in [5, 5.41) is 3.72. The van der Waals surface area contributed by atoms with Gasteiger partial charge in [-0.2, -0.15) is 0 Å². The van der Waals surface area contributed by atoms with Gasteiger partial charge in [-0.3, -0.25) is 9.59 Å². The lowest BCUT2D eigenvalue weighted by molar-refractivity contribution is -0.122. The molecule has 0 bridgehead atoms. The second kappa shape index (κ2) is 7.73. The van der Waals surface area contributed by atoms with Crippen LogP contribution in [-0.4, -0.2) is 18.4 Å². The van der Waals surface area contributed by atoms with Crippen LogP contribution in [0.15, 0.2) is 36.4 Å². The van der Waals surface area contributed by atoms with Gasteiger partial charge in [0.25, 0.3) is 0 Å². The first-order valence-corrected chi connectivity index (χ1v) is 9.62. The van der Waals surface area contributed by atoms with Crippen LogP contribution in [0.3, 0.4) is 0 Å². The van der Waals surface area contributed by atoms with Crippen molar-refractivity contribution >= 4 is 34.8 Å². The van der Waals surface area contributed by atoms with Gasteiger partial charge in [-0.1, -0.05) is 43.6 Å². The zero-order valence-electron chi connectivity index (χ0n) is 16.2. The second-order valence-corrected chi connectivity index (χ2v) is 7.96. The Balaban J connectivity index is 1.79. The lowest BCUT2D eigenvalue weighted by Gasteiger charge is -2.20. The fourth-order valence-electron chi connectivity index (χ4n) is 3.61. The molecule has 1 saturated heterocycles. The molecular formula is C22H25ClN2O2. The molecule has 0 radical (unpaired) electrons. The van der Waals surface area contributed by atoms with E-state index in [2.05, 4.69) is 19.2 Å². The molecule has 0 aliphatic carbocycles. The second-order valence-electron chi connectivity index (χ2n) is 7.52. The monoisotopic (exact) mass is 384 g/mol. The number of hydrogen-bond acceptors (Lipinski definition) is 2. The molecule has 1 heterocycles.